The van der Waals surface area contributed by atoms with Crippen molar-refractivity contribution < 1.29 is 18.0 Å². The second-order valence-electron chi connectivity index (χ2n) is 6.72. The van der Waals surface area contributed by atoms with E-state index >= 15 is 0 Å². The largest absolute Gasteiger partial charge is 0.416 e. The van der Waals surface area contributed by atoms with Gasteiger partial charge in [0.05, 0.1) is 11.5 Å². The van der Waals surface area contributed by atoms with Gasteiger partial charge in [-0.15, -0.1) is 0 Å². The SMILES string of the molecule is CC(C)(CNC(=O)C1CCCNC1)c1cccc(C(F)(F)F)c1. The first kappa shape index (κ1) is 17.8. The predicted octanol–water partition coefficient (Wildman–Crippen LogP) is 3.10. The molecule has 1 aromatic rings. The summed E-state index contributed by atoms with van der Waals surface area (Å²) in [6.07, 6.45) is -2.54. The fourth-order valence-corrected chi connectivity index (χ4v) is 2.75. The average Bonchev–Trinajstić information content (AvgIpc) is 2.53. The second kappa shape index (κ2) is 6.91. The van der Waals surface area contributed by atoms with Crippen molar-refractivity contribution in [2.24, 2.45) is 5.92 Å². The van der Waals surface area contributed by atoms with Crippen LogP contribution in [0.1, 0.15) is 37.8 Å². The van der Waals surface area contributed by atoms with Crippen LogP contribution in [0.15, 0.2) is 24.3 Å². The summed E-state index contributed by atoms with van der Waals surface area (Å²) in [6.45, 7) is 5.57. The van der Waals surface area contributed by atoms with Gasteiger partial charge < -0.3 is 10.6 Å². The van der Waals surface area contributed by atoms with Crippen molar-refractivity contribution in [3.63, 3.8) is 0 Å². The molecule has 1 unspecified atom stereocenters. The monoisotopic (exact) mass is 328 g/mol. The Morgan fingerprint density at radius 1 is 1.30 bits per heavy atom. The molecule has 1 amide bonds. The van der Waals surface area contributed by atoms with Gasteiger partial charge in [-0.2, -0.15) is 13.2 Å². The van der Waals surface area contributed by atoms with Gasteiger partial charge in [0.1, 0.15) is 0 Å². The molecular formula is C17H23F3N2O. The molecule has 1 atom stereocenters. The van der Waals surface area contributed by atoms with E-state index in [1.807, 2.05) is 13.8 Å². The summed E-state index contributed by atoms with van der Waals surface area (Å²) in [5.74, 6) is -0.0849. The zero-order valence-corrected chi connectivity index (χ0v) is 13.5. The molecule has 1 aromatic carbocycles. The van der Waals surface area contributed by atoms with Gasteiger partial charge >= 0.3 is 6.18 Å². The van der Waals surface area contributed by atoms with Gasteiger partial charge in [0, 0.05) is 18.5 Å². The molecule has 0 aliphatic carbocycles. The quantitative estimate of drug-likeness (QED) is 0.892. The molecule has 0 aromatic heterocycles. The molecule has 1 heterocycles. The third-order valence-corrected chi connectivity index (χ3v) is 4.34. The molecule has 2 N–H and O–H groups in total. The highest BCUT2D eigenvalue weighted by Gasteiger charge is 2.32. The summed E-state index contributed by atoms with van der Waals surface area (Å²) in [5, 5.41) is 6.07. The van der Waals surface area contributed by atoms with Crippen molar-refractivity contribution in [2.75, 3.05) is 19.6 Å². The number of carbonyl (C=O) groups is 1. The number of halogens is 3. The first-order chi connectivity index (χ1) is 10.7. The Morgan fingerprint density at radius 2 is 2.00 bits per heavy atom. The molecular weight excluding hydrogens is 305 g/mol. The Hall–Kier alpha value is -1.56. The highest BCUT2D eigenvalue weighted by Crippen LogP contribution is 2.32. The van der Waals surface area contributed by atoms with E-state index in [-0.39, 0.29) is 11.8 Å². The first-order valence-corrected chi connectivity index (χ1v) is 7.86. The maximum Gasteiger partial charge on any atom is 0.416 e. The molecule has 1 saturated heterocycles. The minimum Gasteiger partial charge on any atom is -0.355 e. The van der Waals surface area contributed by atoms with E-state index < -0.39 is 17.2 Å². The Balaban J connectivity index is 2.02. The van der Waals surface area contributed by atoms with Crippen LogP contribution in [-0.2, 0) is 16.4 Å². The Bertz CT molecular complexity index is 549. The Morgan fingerprint density at radius 3 is 2.61 bits per heavy atom. The molecule has 128 valence electrons. The van der Waals surface area contributed by atoms with E-state index in [9.17, 15) is 18.0 Å². The van der Waals surface area contributed by atoms with E-state index in [2.05, 4.69) is 10.6 Å². The lowest BCUT2D eigenvalue weighted by Crippen LogP contribution is -2.44. The van der Waals surface area contributed by atoms with Crippen LogP contribution in [0.5, 0.6) is 0 Å². The van der Waals surface area contributed by atoms with Gasteiger partial charge in [-0.25, -0.2) is 0 Å². The molecule has 0 saturated carbocycles. The molecule has 2 rings (SSSR count). The molecule has 1 aliphatic heterocycles. The smallest absolute Gasteiger partial charge is 0.355 e. The van der Waals surface area contributed by atoms with Crippen molar-refractivity contribution in [3.8, 4) is 0 Å². The van der Waals surface area contributed by atoms with Crippen LogP contribution < -0.4 is 10.6 Å². The Kier molecular flexibility index (Phi) is 5.34. The highest BCUT2D eigenvalue weighted by molar-refractivity contribution is 5.79. The lowest BCUT2D eigenvalue weighted by atomic mass is 9.83. The molecule has 23 heavy (non-hydrogen) atoms. The topological polar surface area (TPSA) is 41.1 Å². The Labute approximate surface area is 134 Å². The summed E-state index contributed by atoms with van der Waals surface area (Å²) in [5.41, 5.74) is -0.667. The van der Waals surface area contributed by atoms with Crippen molar-refractivity contribution in [2.45, 2.75) is 38.3 Å². The number of hydrogen-bond acceptors (Lipinski definition) is 2. The number of hydrogen-bond donors (Lipinski definition) is 2. The third-order valence-electron chi connectivity index (χ3n) is 4.34. The first-order valence-electron chi connectivity index (χ1n) is 7.86. The molecule has 0 radical (unpaired) electrons. The molecule has 1 fully saturated rings. The number of alkyl halides is 3. The van der Waals surface area contributed by atoms with Gasteiger partial charge in [0.25, 0.3) is 0 Å². The van der Waals surface area contributed by atoms with Crippen LogP contribution in [0.3, 0.4) is 0 Å². The number of benzene rings is 1. The van der Waals surface area contributed by atoms with Gasteiger partial charge in [-0.1, -0.05) is 32.0 Å². The molecule has 1 aliphatic rings. The highest BCUT2D eigenvalue weighted by atomic mass is 19.4. The van der Waals surface area contributed by atoms with Crippen LogP contribution in [0.4, 0.5) is 13.2 Å². The van der Waals surface area contributed by atoms with Gasteiger partial charge in [-0.3, -0.25) is 4.79 Å². The number of piperidine rings is 1. The van der Waals surface area contributed by atoms with Crippen LogP contribution in [-0.4, -0.2) is 25.5 Å². The molecule has 6 heteroatoms. The van der Waals surface area contributed by atoms with Crippen LogP contribution in [0.2, 0.25) is 0 Å². The molecule has 0 bridgehead atoms. The standard InChI is InChI=1S/C17H23F3N2O/c1-16(2,11-22-15(23)12-5-4-8-21-10-12)13-6-3-7-14(9-13)17(18,19)20/h3,6-7,9,12,21H,4-5,8,10-11H2,1-2H3,(H,22,23). The number of rotatable bonds is 4. The van der Waals surface area contributed by atoms with E-state index in [1.165, 1.54) is 6.07 Å². The van der Waals surface area contributed by atoms with Crippen LogP contribution in [0.25, 0.3) is 0 Å². The van der Waals surface area contributed by atoms with Crippen LogP contribution >= 0.6 is 0 Å². The summed E-state index contributed by atoms with van der Waals surface area (Å²) < 4.78 is 38.5. The lowest BCUT2D eigenvalue weighted by Gasteiger charge is -2.28. The molecule has 3 nitrogen and oxygen atoms in total. The minimum absolute atomic E-state index is 0.0303. The van der Waals surface area contributed by atoms with Gasteiger partial charge in [0.2, 0.25) is 5.91 Å². The summed E-state index contributed by atoms with van der Waals surface area (Å²) >= 11 is 0. The van der Waals surface area contributed by atoms with Crippen molar-refractivity contribution in [3.05, 3.63) is 35.4 Å². The van der Waals surface area contributed by atoms with Crippen molar-refractivity contribution >= 4 is 5.91 Å². The maximum atomic E-state index is 12.8. The van der Waals surface area contributed by atoms with E-state index in [1.54, 1.807) is 6.07 Å². The normalized spacial score (nSPS) is 19.4. The van der Waals surface area contributed by atoms with E-state index in [4.69, 9.17) is 0 Å². The number of amides is 1. The average molecular weight is 328 g/mol. The summed E-state index contributed by atoms with van der Waals surface area (Å²) in [6, 6.07) is 5.30. The number of carbonyl (C=O) groups excluding carboxylic acids is 1. The van der Waals surface area contributed by atoms with Crippen molar-refractivity contribution in [1.82, 2.24) is 10.6 Å². The predicted molar refractivity (Wildman–Crippen MR) is 83.1 cm³/mol. The molecule has 0 spiro atoms. The van der Waals surface area contributed by atoms with Crippen molar-refractivity contribution in [1.29, 1.82) is 0 Å². The third kappa shape index (κ3) is 4.70. The van der Waals surface area contributed by atoms with Gasteiger partial charge in [0.15, 0.2) is 0 Å². The van der Waals surface area contributed by atoms with E-state index in [0.717, 1.165) is 31.5 Å². The van der Waals surface area contributed by atoms with Gasteiger partial charge in [-0.05, 0) is 31.0 Å². The fourth-order valence-electron chi connectivity index (χ4n) is 2.75. The summed E-state index contributed by atoms with van der Waals surface area (Å²) in [7, 11) is 0. The zero-order chi connectivity index (χ0) is 17.1. The second-order valence-corrected chi connectivity index (χ2v) is 6.72. The maximum absolute atomic E-state index is 12.8. The number of nitrogens with one attached hydrogen (secondary N) is 2. The summed E-state index contributed by atoms with van der Waals surface area (Å²) in [4.78, 5) is 12.2. The fraction of sp³-hybridized carbons (Fsp3) is 0.588. The van der Waals surface area contributed by atoms with Crippen LogP contribution in [0, 0.1) is 5.92 Å². The lowest BCUT2D eigenvalue weighted by molar-refractivity contribution is -0.137. The zero-order valence-electron chi connectivity index (χ0n) is 13.5. The minimum atomic E-state index is -4.36. The van der Waals surface area contributed by atoms with E-state index in [0.29, 0.717) is 18.7 Å².